The Hall–Kier alpha value is -0.300. The SMILES string of the molecule is O=S(=O)(NC(c1ccccc1)C(Cl)(Cl)Cl)c1cccs1. The molecule has 1 atom stereocenters. The number of hydrogen-bond donors (Lipinski definition) is 1. The highest BCUT2D eigenvalue weighted by Gasteiger charge is 2.37. The molecular formula is C12H10Cl3NO2S2. The van der Waals surface area contributed by atoms with E-state index in [1.807, 2.05) is 0 Å². The van der Waals surface area contributed by atoms with E-state index in [4.69, 9.17) is 34.8 Å². The first kappa shape index (κ1) is 16.1. The van der Waals surface area contributed by atoms with Gasteiger partial charge in [0.2, 0.25) is 3.79 Å². The zero-order chi connectivity index (χ0) is 14.8. The molecule has 0 spiro atoms. The van der Waals surface area contributed by atoms with Crippen molar-refractivity contribution in [3.8, 4) is 0 Å². The van der Waals surface area contributed by atoms with Crippen LogP contribution >= 0.6 is 46.1 Å². The Bertz CT molecular complexity index is 652. The number of alkyl halides is 3. The maximum absolute atomic E-state index is 12.2. The van der Waals surface area contributed by atoms with Gasteiger partial charge in [-0.25, -0.2) is 8.42 Å². The molecule has 8 heteroatoms. The predicted octanol–water partition coefficient (Wildman–Crippen LogP) is 4.14. The third-order valence-electron chi connectivity index (χ3n) is 2.49. The van der Waals surface area contributed by atoms with E-state index in [0.717, 1.165) is 11.3 Å². The van der Waals surface area contributed by atoms with Crippen LogP contribution in [0.5, 0.6) is 0 Å². The lowest BCUT2D eigenvalue weighted by Crippen LogP contribution is -2.36. The molecular weight excluding hydrogens is 361 g/mol. The molecule has 1 aromatic heterocycles. The van der Waals surface area contributed by atoms with Gasteiger partial charge in [-0.2, -0.15) is 4.72 Å². The zero-order valence-corrected chi connectivity index (χ0v) is 13.9. The smallest absolute Gasteiger partial charge is 0.206 e. The van der Waals surface area contributed by atoms with Crippen LogP contribution in [-0.4, -0.2) is 12.2 Å². The van der Waals surface area contributed by atoms with E-state index in [1.54, 1.807) is 41.8 Å². The minimum atomic E-state index is -3.73. The minimum absolute atomic E-state index is 0.174. The summed E-state index contributed by atoms with van der Waals surface area (Å²) in [5.41, 5.74) is 0.577. The molecule has 0 bridgehead atoms. The highest BCUT2D eigenvalue weighted by Crippen LogP contribution is 2.40. The number of sulfonamides is 1. The van der Waals surface area contributed by atoms with E-state index in [0.29, 0.717) is 5.56 Å². The van der Waals surface area contributed by atoms with Gasteiger partial charge in [0.25, 0.3) is 10.0 Å². The Balaban J connectivity index is 2.36. The Morgan fingerprint density at radius 1 is 1.05 bits per heavy atom. The summed E-state index contributed by atoms with van der Waals surface area (Å²) in [6.45, 7) is 0. The van der Waals surface area contributed by atoms with E-state index >= 15 is 0 Å². The number of rotatable bonds is 4. The second-order valence-corrected chi connectivity index (χ2v) is 9.20. The maximum atomic E-state index is 12.2. The Kier molecular flexibility index (Phi) is 5.00. The summed E-state index contributed by atoms with van der Waals surface area (Å²) in [6.07, 6.45) is 0. The van der Waals surface area contributed by atoms with Gasteiger partial charge >= 0.3 is 0 Å². The van der Waals surface area contributed by atoms with Gasteiger partial charge in [0.1, 0.15) is 4.21 Å². The van der Waals surface area contributed by atoms with Crippen LogP contribution in [0.25, 0.3) is 0 Å². The van der Waals surface area contributed by atoms with Crippen LogP contribution < -0.4 is 4.72 Å². The lowest BCUT2D eigenvalue weighted by Gasteiger charge is -2.25. The summed E-state index contributed by atoms with van der Waals surface area (Å²) in [6, 6.07) is 10.9. The molecule has 3 nitrogen and oxygen atoms in total. The first-order valence-electron chi connectivity index (χ1n) is 5.48. The monoisotopic (exact) mass is 369 g/mol. The van der Waals surface area contributed by atoms with Crippen LogP contribution in [0.2, 0.25) is 0 Å². The third kappa shape index (κ3) is 3.87. The van der Waals surface area contributed by atoms with E-state index < -0.39 is 19.9 Å². The standard InChI is InChI=1S/C12H10Cl3NO2S2/c13-12(14,15)11(9-5-2-1-3-6-9)16-20(17,18)10-7-4-8-19-10/h1-8,11,16H. The highest BCUT2D eigenvalue weighted by atomic mass is 35.6. The van der Waals surface area contributed by atoms with Crippen molar-refractivity contribution in [1.82, 2.24) is 4.72 Å². The summed E-state index contributed by atoms with van der Waals surface area (Å²) in [7, 11) is -3.73. The normalized spacial score (nSPS) is 14.2. The van der Waals surface area contributed by atoms with Gasteiger partial charge in [-0.05, 0) is 17.0 Å². The average Bonchev–Trinajstić information content (AvgIpc) is 2.90. The fourth-order valence-electron chi connectivity index (χ4n) is 1.60. The quantitative estimate of drug-likeness (QED) is 0.822. The number of halogens is 3. The predicted molar refractivity (Wildman–Crippen MR) is 84.1 cm³/mol. The Morgan fingerprint density at radius 2 is 1.70 bits per heavy atom. The van der Waals surface area contributed by atoms with Crippen molar-refractivity contribution < 1.29 is 8.42 Å². The van der Waals surface area contributed by atoms with Crippen molar-refractivity contribution in [2.45, 2.75) is 14.0 Å². The summed E-state index contributed by atoms with van der Waals surface area (Å²) in [4.78, 5) is 0. The van der Waals surface area contributed by atoms with Crippen LogP contribution in [0.3, 0.4) is 0 Å². The van der Waals surface area contributed by atoms with Gasteiger partial charge in [-0.15, -0.1) is 11.3 Å². The molecule has 0 aliphatic heterocycles. The molecule has 1 N–H and O–H groups in total. The molecule has 0 saturated carbocycles. The van der Waals surface area contributed by atoms with Crippen molar-refractivity contribution in [3.05, 3.63) is 53.4 Å². The van der Waals surface area contributed by atoms with Gasteiger partial charge < -0.3 is 0 Å². The number of thiophene rings is 1. The van der Waals surface area contributed by atoms with E-state index in [9.17, 15) is 8.42 Å². The lowest BCUT2D eigenvalue weighted by molar-refractivity contribution is 0.560. The molecule has 0 aliphatic carbocycles. The molecule has 1 unspecified atom stereocenters. The van der Waals surface area contributed by atoms with E-state index in [2.05, 4.69) is 4.72 Å². The summed E-state index contributed by atoms with van der Waals surface area (Å²) < 4.78 is 25.3. The van der Waals surface area contributed by atoms with Crippen molar-refractivity contribution in [2.24, 2.45) is 0 Å². The van der Waals surface area contributed by atoms with Crippen LogP contribution in [-0.2, 0) is 10.0 Å². The molecule has 0 saturated heterocycles. The number of benzene rings is 1. The van der Waals surface area contributed by atoms with Crippen molar-refractivity contribution >= 4 is 56.2 Å². The highest BCUT2D eigenvalue weighted by molar-refractivity contribution is 7.91. The summed E-state index contributed by atoms with van der Waals surface area (Å²) in [5, 5.41) is 1.67. The van der Waals surface area contributed by atoms with Gasteiger partial charge in [-0.3, -0.25) is 0 Å². The Morgan fingerprint density at radius 3 is 2.20 bits per heavy atom. The van der Waals surface area contributed by atoms with Gasteiger partial charge in [0, 0.05) is 0 Å². The molecule has 20 heavy (non-hydrogen) atoms. The third-order valence-corrected chi connectivity index (χ3v) is 5.97. The van der Waals surface area contributed by atoms with E-state index in [1.165, 1.54) is 6.07 Å². The summed E-state index contributed by atoms with van der Waals surface area (Å²) >= 11 is 18.8. The van der Waals surface area contributed by atoms with Gasteiger partial charge in [-0.1, -0.05) is 71.2 Å². The minimum Gasteiger partial charge on any atom is -0.206 e. The average molecular weight is 371 g/mol. The van der Waals surface area contributed by atoms with Crippen molar-refractivity contribution in [1.29, 1.82) is 0 Å². The number of nitrogens with one attached hydrogen (secondary N) is 1. The van der Waals surface area contributed by atoms with Gasteiger partial charge in [0.15, 0.2) is 0 Å². The first-order chi connectivity index (χ1) is 9.31. The summed E-state index contributed by atoms with van der Waals surface area (Å²) in [5.74, 6) is 0. The fraction of sp³-hybridized carbons (Fsp3) is 0.167. The topological polar surface area (TPSA) is 46.2 Å². The first-order valence-corrected chi connectivity index (χ1v) is 8.98. The largest absolute Gasteiger partial charge is 0.250 e. The van der Waals surface area contributed by atoms with Crippen LogP contribution in [0.4, 0.5) is 0 Å². The molecule has 108 valence electrons. The molecule has 1 heterocycles. The molecule has 2 aromatic rings. The fourth-order valence-corrected chi connectivity index (χ4v) is 4.60. The molecule has 0 fully saturated rings. The Labute approximate surface area is 136 Å². The second kappa shape index (κ2) is 6.22. The van der Waals surface area contributed by atoms with Crippen LogP contribution in [0, 0.1) is 0 Å². The molecule has 1 aromatic carbocycles. The number of hydrogen-bond acceptors (Lipinski definition) is 3. The molecule has 2 rings (SSSR count). The molecule has 0 radical (unpaired) electrons. The van der Waals surface area contributed by atoms with Crippen molar-refractivity contribution in [2.75, 3.05) is 0 Å². The molecule has 0 amide bonds. The molecule has 0 aliphatic rings. The van der Waals surface area contributed by atoms with Crippen molar-refractivity contribution in [3.63, 3.8) is 0 Å². The lowest BCUT2D eigenvalue weighted by atomic mass is 10.1. The zero-order valence-electron chi connectivity index (χ0n) is 9.96. The second-order valence-electron chi connectivity index (χ2n) is 3.94. The van der Waals surface area contributed by atoms with Crippen LogP contribution in [0.1, 0.15) is 11.6 Å². The maximum Gasteiger partial charge on any atom is 0.250 e. The van der Waals surface area contributed by atoms with E-state index in [-0.39, 0.29) is 4.21 Å². The van der Waals surface area contributed by atoms with Crippen LogP contribution in [0.15, 0.2) is 52.1 Å². The van der Waals surface area contributed by atoms with Gasteiger partial charge in [0.05, 0.1) is 6.04 Å².